The zero-order valence-electron chi connectivity index (χ0n) is 54.3. The molecule has 10 heteroatoms. The fourth-order valence-corrected chi connectivity index (χ4v) is 9.37. The maximum atomic E-state index is 13.6. The van der Waals surface area contributed by atoms with E-state index in [1.165, 1.54) is 51.4 Å². The van der Waals surface area contributed by atoms with E-state index in [4.69, 9.17) is 13.8 Å². The molecule has 9 nitrogen and oxygen atoms in total. The Bertz CT molecular complexity index is 1990. The van der Waals surface area contributed by atoms with Gasteiger partial charge in [0.1, 0.15) is 19.3 Å². The molecule has 0 fully saturated rings. The quantitative estimate of drug-likeness (QED) is 0.0212. The van der Waals surface area contributed by atoms with Crippen LogP contribution in [-0.4, -0.2) is 69.4 Å². The van der Waals surface area contributed by atoms with Gasteiger partial charge in [0, 0.05) is 12.8 Å². The van der Waals surface area contributed by atoms with Gasteiger partial charge in [-0.25, -0.2) is 0 Å². The Hall–Kier alpha value is -4.37. The van der Waals surface area contributed by atoms with E-state index in [1.807, 2.05) is 33.3 Å². The molecule has 0 rings (SSSR count). The maximum absolute atomic E-state index is 13.6. The second-order valence-corrected chi connectivity index (χ2v) is 24.3. The van der Waals surface area contributed by atoms with E-state index >= 15 is 0 Å². The van der Waals surface area contributed by atoms with Crippen LogP contribution in [0.3, 0.4) is 0 Å². The predicted molar refractivity (Wildman–Crippen MR) is 362 cm³/mol. The van der Waals surface area contributed by atoms with Gasteiger partial charge in [-0.1, -0.05) is 256 Å². The van der Waals surface area contributed by atoms with Gasteiger partial charge in [-0.15, -0.1) is 0 Å². The van der Waals surface area contributed by atoms with Crippen LogP contribution in [0.15, 0.2) is 158 Å². The molecule has 1 N–H and O–H groups in total. The summed E-state index contributed by atoms with van der Waals surface area (Å²) in [6.07, 6.45) is 90.7. The average molecular weight is 1180 g/mol. The van der Waals surface area contributed by atoms with E-state index in [1.54, 1.807) is 0 Å². The van der Waals surface area contributed by atoms with Gasteiger partial charge < -0.3 is 28.5 Å². The van der Waals surface area contributed by atoms with Gasteiger partial charge in [0.25, 0.3) is 7.82 Å². The van der Waals surface area contributed by atoms with Crippen LogP contribution in [0.1, 0.15) is 245 Å². The normalized spacial score (nSPS) is 14.6. The second kappa shape index (κ2) is 61.7. The number of unbranched alkanes of at least 4 members (excludes halogenated alkanes) is 18. The number of quaternary nitrogens is 1. The van der Waals surface area contributed by atoms with Gasteiger partial charge in [-0.05, 0) is 134 Å². The van der Waals surface area contributed by atoms with Crippen LogP contribution in [0.4, 0.5) is 0 Å². The number of phosphoric acid groups is 1. The highest BCUT2D eigenvalue weighted by Crippen LogP contribution is 2.38. The molecule has 0 heterocycles. The van der Waals surface area contributed by atoms with Gasteiger partial charge >= 0.3 is 5.97 Å². The Balaban J connectivity index is 5.29. The number of carbonyl (C=O) groups is 2. The van der Waals surface area contributed by atoms with Crippen molar-refractivity contribution in [3.05, 3.63) is 158 Å². The number of rotatable bonds is 58. The van der Waals surface area contributed by atoms with E-state index in [9.17, 15) is 19.0 Å². The number of hydrogen-bond donors (Lipinski definition) is 1. The SMILES string of the molecule is CC/C=C\C/C=C\C/C=C\C/C=C\C/C=C\C/C=C\CCCCCCCCC(=O)NC(COP(=O)([O-])OCC[N+](C)(C)C)C(/C=C\CCCCCCCCCCCC)OC(=O)CCCC/C=C\C/C=C\C/C=C\C/C=C\C/C=C\C/C=C\CC. The van der Waals surface area contributed by atoms with Gasteiger partial charge in [0.15, 0.2) is 0 Å². The van der Waals surface area contributed by atoms with E-state index < -0.39 is 32.5 Å². The van der Waals surface area contributed by atoms with Crippen LogP contribution in [0.2, 0.25) is 0 Å². The molecule has 1 amide bonds. The molecule has 0 aromatic rings. The van der Waals surface area contributed by atoms with E-state index in [0.29, 0.717) is 23.9 Å². The van der Waals surface area contributed by atoms with Gasteiger partial charge in [-0.2, -0.15) is 0 Å². The average Bonchev–Trinajstić information content (AvgIpc) is 3.64. The highest BCUT2D eigenvalue weighted by atomic mass is 31.2. The molecule has 0 saturated heterocycles. The van der Waals surface area contributed by atoms with Crippen LogP contribution >= 0.6 is 7.82 Å². The molecule has 0 radical (unpaired) electrons. The smallest absolute Gasteiger partial charge is 0.306 e. The molecule has 3 atom stereocenters. The largest absolute Gasteiger partial charge is 0.756 e. The van der Waals surface area contributed by atoms with Crippen molar-refractivity contribution in [1.82, 2.24) is 5.32 Å². The molecule has 0 bridgehead atoms. The van der Waals surface area contributed by atoms with Crippen molar-refractivity contribution >= 4 is 19.7 Å². The Kier molecular flexibility index (Phi) is 58.5. The van der Waals surface area contributed by atoms with Crippen molar-refractivity contribution in [1.29, 1.82) is 0 Å². The number of amides is 1. The lowest BCUT2D eigenvalue weighted by Gasteiger charge is -2.30. The van der Waals surface area contributed by atoms with Crippen molar-refractivity contribution in [2.24, 2.45) is 0 Å². The third-order valence-electron chi connectivity index (χ3n) is 13.7. The van der Waals surface area contributed by atoms with Crippen molar-refractivity contribution in [3.8, 4) is 0 Å². The first kappa shape index (κ1) is 79.6. The molecular formula is C74H123N2O7P. The van der Waals surface area contributed by atoms with Gasteiger partial charge in [0.2, 0.25) is 5.91 Å². The molecule has 0 aliphatic heterocycles. The van der Waals surface area contributed by atoms with E-state index in [0.717, 1.165) is 148 Å². The molecule has 476 valence electrons. The number of nitrogens with zero attached hydrogens (tertiary/aromatic N) is 1. The number of esters is 1. The van der Waals surface area contributed by atoms with Crippen LogP contribution in [0.25, 0.3) is 0 Å². The van der Waals surface area contributed by atoms with Gasteiger partial charge in [-0.3, -0.25) is 14.2 Å². The van der Waals surface area contributed by atoms with Crippen LogP contribution in [0, 0.1) is 0 Å². The molecule has 0 aliphatic rings. The summed E-state index contributed by atoms with van der Waals surface area (Å²) in [4.78, 5) is 40.1. The van der Waals surface area contributed by atoms with Crippen molar-refractivity contribution in [2.75, 3.05) is 40.9 Å². The number of hydrogen-bond acceptors (Lipinski definition) is 7. The zero-order valence-corrected chi connectivity index (χ0v) is 55.2. The maximum Gasteiger partial charge on any atom is 0.306 e. The Morgan fingerprint density at radius 3 is 1.15 bits per heavy atom. The molecule has 3 unspecified atom stereocenters. The number of likely N-dealkylation sites (N-methyl/N-ethyl adjacent to an activating group) is 1. The lowest BCUT2D eigenvalue weighted by Crippen LogP contribution is -2.47. The summed E-state index contributed by atoms with van der Waals surface area (Å²) in [5, 5.41) is 3.01. The molecular weight excluding hydrogens is 1060 g/mol. The van der Waals surface area contributed by atoms with Crippen molar-refractivity contribution in [3.63, 3.8) is 0 Å². The highest BCUT2D eigenvalue weighted by molar-refractivity contribution is 7.45. The molecule has 0 aromatic heterocycles. The lowest BCUT2D eigenvalue weighted by molar-refractivity contribution is -0.870. The summed E-state index contributed by atoms with van der Waals surface area (Å²) in [7, 11) is 1.12. The first-order valence-electron chi connectivity index (χ1n) is 33.3. The Morgan fingerprint density at radius 1 is 0.429 bits per heavy atom. The first-order chi connectivity index (χ1) is 40.9. The topological polar surface area (TPSA) is 114 Å². The summed E-state index contributed by atoms with van der Waals surface area (Å²) in [5.41, 5.74) is 0. The Morgan fingerprint density at radius 2 is 0.762 bits per heavy atom. The van der Waals surface area contributed by atoms with E-state index in [2.05, 4.69) is 172 Å². The third kappa shape index (κ3) is 62.2. The summed E-state index contributed by atoms with van der Waals surface area (Å²) in [6, 6.07) is -0.928. The minimum atomic E-state index is -4.73. The van der Waals surface area contributed by atoms with Gasteiger partial charge in [0.05, 0.1) is 33.8 Å². The standard InChI is InChI=1S/C74H123N2O7P/c1-7-10-13-16-19-22-25-28-30-32-34-36-37-38-39-41-42-44-46-48-51-54-57-60-63-66-73(77)75-71(70-82-84(79,80)81-69-68-76(4,5)6)72(65-62-59-56-53-50-27-24-21-18-15-12-9-3)83-74(78)67-64-61-58-55-52-49-47-45-43-40-35-33-31-29-26-23-20-17-14-11-8-2/h10-11,13-14,19-20,22-23,28-31,34-36,38-40,42,44-45,47,52,55,62,65,71-72H,7-9,12,15-18,21,24-27,32-33,37,41,43,46,48-51,53-54,56-61,63-64,66-70H2,1-6H3,(H-,75,77,79,80)/b13-10-,14-11-,22-19-,23-20-,30-28-,31-29-,36-34-,39-38-,40-35-,44-42-,47-45-,55-52-,65-62-. The molecule has 84 heavy (non-hydrogen) atoms. The van der Waals surface area contributed by atoms with Crippen molar-refractivity contribution < 1.29 is 37.3 Å². The number of allylic oxidation sites excluding steroid dienone is 25. The number of nitrogens with one attached hydrogen (secondary N) is 1. The molecule has 0 aliphatic carbocycles. The molecule has 0 aromatic carbocycles. The highest BCUT2D eigenvalue weighted by Gasteiger charge is 2.27. The van der Waals surface area contributed by atoms with Crippen molar-refractivity contribution in [2.45, 2.75) is 258 Å². The van der Waals surface area contributed by atoms with Crippen LogP contribution in [0.5, 0.6) is 0 Å². The predicted octanol–water partition coefficient (Wildman–Crippen LogP) is 20.5. The van der Waals surface area contributed by atoms with Crippen LogP contribution < -0.4 is 10.2 Å². The number of phosphoric ester groups is 1. The summed E-state index contributed by atoms with van der Waals surface area (Å²) in [5.74, 6) is -0.621. The third-order valence-corrected chi connectivity index (χ3v) is 14.7. The number of ether oxygens (including phenoxy) is 1. The zero-order chi connectivity index (χ0) is 61.4. The summed E-state index contributed by atoms with van der Waals surface area (Å²) in [6.45, 7) is 6.55. The molecule has 0 saturated carbocycles. The fraction of sp³-hybridized carbons (Fsp3) is 0.622. The second-order valence-electron chi connectivity index (χ2n) is 22.9. The summed E-state index contributed by atoms with van der Waals surface area (Å²) >= 11 is 0. The summed E-state index contributed by atoms with van der Waals surface area (Å²) < 4.78 is 30.3. The molecule has 0 spiro atoms. The fourth-order valence-electron chi connectivity index (χ4n) is 8.64. The van der Waals surface area contributed by atoms with E-state index in [-0.39, 0.29) is 25.4 Å². The number of carbonyl (C=O) groups excluding carboxylic acids is 2. The minimum Gasteiger partial charge on any atom is -0.756 e. The lowest BCUT2D eigenvalue weighted by atomic mass is 10.0. The van der Waals surface area contributed by atoms with Crippen LogP contribution in [-0.2, 0) is 27.9 Å². The first-order valence-corrected chi connectivity index (χ1v) is 34.8. The monoisotopic (exact) mass is 1180 g/mol. The Labute approximate surface area is 516 Å². The minimum absolute atomic E-state index is 0.0421.